The van der Waals surface area contributed by atoms with E-state index < -0.39 is 0 Å². The fourth-order valence-corrected chi connectivity index (χ4v) is 1.24. The van der Waals surface area contributed by atoms with Gasteiger partial charge in [0.2, 0.25) is 11.9 Å². The lowest BCUT2D eigenvalue weighted by molar-refractivity contribution is -0.117. The predicted molar refractivity (Wildman–Crippen MR) is 50.2 cm³/mol. The summed E-state index contributed by atoms with van der Waals surface area (Å²) in [7, 11) is 0. The third-order valence-electron chi connectivity index (χ3n) is 1.95. The van der Waals surface area contributed by atoms with Crippen LogP contribution in [0.15, 0.2) is 18.5 Å². The standard InChI is InChI=1S/C8H11N5O/c14-7(6-2-5-11-13-6)12-8-9-3-1-4-10-8/h1,3-4,6,11,13H,2,5H2,(H,9,10,12,14). The maximum absolute atomic E-state index is 11.5. The number of nitrogens with one attached hydrogen (secondary N) is 3. The third kappa shape index (κ3) is 2.04. The number of hydrogen-bond donors (Lipinski definition) is 3. The fraction of sp³-hybridized carbons (Fsp3) is 0.375. The molecule has 0 spiro atoms. The molecule has 0 radical (unpaired) electrons. The van der Waals surface area contributed by atoms with Crippen molar-refractivity contribution in [2.24, 2.45) is 0 Å². The molecule has 14 heavy (non-hydrogen) atoms. The van der Waals surface area contributed by atoms with Gasteiger partial charge in [0.1, 0.15) is 6.04 Å². The summed E-state index contributed by atoms with van der Waals surface area (Å²) in [5.41, 5.74) is 5.75. The van der Waals surface area contributed by atoms with Crippen molar-refractivity contribution < 1.29 is 4.79 Å². The lowest BCUT2D eigenvalue weighted by Crippen LogP contribution is -2.39. The van der Waals surface area contributed by atoms with Crippen molar-refractivity contribution in [3.63, 3.8) is 0 Å². The van der Waals surface area contributed by atoms with E-state index in [1.54, 1.807) is 18.5 Å². The number of hydrogen-bond acceptors (Lipinski definition) is 5. The van der Waals surface area contributed by atoms with E-state index >= 15 is 0 Å². The van der Waals surface area contributed by atoms with Gasteiger partial charge in [-0.25, -0.2) is 15.4 Å². The Kier molecular flexibility index (Phi) is 2.66. The second-order valence-corrected chi connectivity index (χ2v) is 2.97. The molecule has 74 valence electrons. The Morgan fingerprint density at radius 3 is 2.93 bits per heavy atom. The van der Waals surface area contributed by atoms with Gasteiger partial charge in [0, 0.05) is 18.9 Å². The Balaban J connectivity index is 1.94. The second kappa shape index (κ2) is 4.12. The molecule has 0 aliphatic carbocycles. The van der Waals surface area contributed by atoms with Gasteiger partial charge in [-0.2, -0.15) is 0 Å². The summed E-state index contributed by atoms with van der Waals surface area (Å²) in [5, 5.41) is 2.62. The van der Waals surface area contributed by atoms with Crippen molar-refractivity contribution in [1.29, 1.82) is 0 Å². The van der Waals surface area contributed by atoms with Gasteiger partial charge in [-0.05, 0) is 12.5 Å². The van der Waals surface area contributed by atoms with E-state index in [9.17, 15) is 4.79 Å². The van der Waals surface area contributed by atoms with Crippen LogP contribution in [-0.2, 0) is 4.79 Å². The summed E-state index contributed by atoms with van der Waals surface area (Å²) in [6.45, 7) is 0.799. The number of amides is 1. The molecule has 6 nitrogen and oxygen atoms in total. The first kappa shape index (κ1) is 9.04. The van der Waals surface area contributed by atoms with Crippen LogP contribution in [-0.4, -0.2) is 28.5 Å². The van der Waals surface area contributed by atoms with Crippen molar-refractivity contribution >= 4 is 11.9 Å². The molecule has 0 bridgehead atoms. The highest BCUT2D eigenvalue weighted by Gasteiger charge is 2.22. The van der Waals surface area contributed by atoms with Crippen molar-refractivity contribution in [1.82, 2.24) is 20.8 Å². The third-order valence-corrected chi connectivity index (χ3v) is 1.95. The molecular formula is C8H11N5O. The van der Waals surface area contributed by atoms with E-state index in [1.165, 1.54) is 0 Å². The van der Waals surface area contributed by atoms with E-state index in [2.05, 4.69) is 26.1 Å². The van der Waals surface area contributed by atoms with Crippen LogP contribution in [0.4, 0.5) is 5.95 Å². The fourth-order valence-electron chi connectivity index (χ4n) is 1.24. The summed E-state index contributed by atoms with van der Waals surface area (Å²) >= 11 is 0. The molecule has 1 unspecified atom stereocenters. The smallest absolute Gasteiger partial charge is 0.245 e. The molecule has 1 aromatic rings. The quantitative estimate of drug-likeness (QED) is 0.577. The largest absolute Gasteiger partial charge is 0.293 e. The van der Waals surface area contributed by atoms with Crippen molar-refractivity contribution in [2.75, 3.05) is 11.9 Å². The zero-order valence-electron chi connectivity index (χ0n) is 7.53. The van der Waals surface area contributed by atoms with Crippen LogP contribution in [0.3, 0.4) is 0 Å². The average molecular weight is 193 g/mol. The van der Waals surface area contributed by atoms with Crippen molar-refractivity contribution in [3.05, 3.63) is 18.5 Å². The number of carbonyl (C=O) groups is 1. The minimum atomic E-state index is -0.196. The van der Waals surface area contributed by atoms with Gasteiger partial charge in [0.25, 0.3) is 0 Å². The number of rotatable bonds is 2. The Morgan fingerprint density at radius 1 is 1.50 bits per heavy atom. The molecule has 1 amide bonds. The van der Waals surface area contributed by atoms with Crippen LogP contribution in [0.1, 0.15) is 6.42 Å². The second-order valence-electron chi connectivity index (χ2n) is 2.97. The number of hydrazine groups is 1. The molecule has 2 rings (SSSR count). The summed E-state index contributed by atoms with van der Waals surface area (Å²) in [5.74, 6) is 0.229. The highest BCUT2D eigenvalue weighted by Crippen LogP contribution is 2.00. The topological polar surface area (TPSA) is 78.9 Å². The molecule has 1 atom stereocenters. The zero-order valence-corrected chi connectivity index (χ0v) is 7.53. The van der Waals surface area contributed by atoms with Gasteiger partial charge < -0.3 is 0 Å². The monoisotopic (exact) mass is 193 g/mol. The minimum absolute atomic E-state index is 0.110. The van der Waals surface area contributed by atoms with Crippen LogP contribution in [0.5, 0.6) is 0 Å². The molecule has 3 N–H and O–H groups in total. The average Bonchev–Trinajstić information content (AvgIpc) is 2.72. The summed E-state index contributed by atoms with van der Waals surface area (Å²) in [6, 6.07) is 1.50. The molecular weight excluding hydrogens is 182 g/mol. The first-order valence-electron chi connectivity index (χ1n) is 4.42. The van der Waals surface area contributed by atoms with Gasteiger partial charge in [-0.3, -0.25) is 15.5 Å². The van der Waals surface area contributed by atoms with Gasteiger partial charge in [0.05, 0.1) is 0 Å². The number of aromatic nitrogens is 2. The highest BCUT2D eigenvalue weighted by molar-refractivity contribution is 5.93. The first-order chi connectivity index (χ1) is 6.86. The molecule has 1 fully saturated rings. The zero-order chi connectivity index (χ0) is 9.80. The van der Waals surface area contributed by atoms with E-state index in [4.69, 9.17) is 0 Å². The van der Waals surface area contributed by atoms with Crippen LogP contribution in [0.2, 0.25) is 0 Å². The maximum Gasteiger partial charge on any atom is 0.245 e. The van der Waals surface area contributed by atoms with Crippen molar-refractivity contribution in [2.45, 2.75) is 12.5 Å². The maximum atomic E-state index is 11.5. The van der Waals surface area contributed by atoms with Crippen molar-refractivity contribution in [3.8, 4) is 0 Å². The van der Waals surface area contributed by atoms with Crippen LogP contribution in [0.25, 0.3) is 0 Å². The van der Waals surface area contributed by atoms with Gasteiger partial charge in [-0.15, -0.1) is 0 Å². The van der Waals surface area contributed by atoms with E-state index in [0.717, 1.165) is 13.0 Å². The first-order valence-corrected chi connectivity index (χ1v) is 4.42. The number of carbonyl (C=O) groups excluding carboxylic acids is 1. The van der Waals surface area contributed by atoms with Gasteiger partial charge in [-0.1, -0.05) is 0 Å². The molecule has 1 saturated heterocycles. The van der Waals surface area contributed by atoms with Gasteiger partial charge >= 0.3 is 0 Å². The molecule has 2 heterocycles. The lowest BCUT2D eigenvalue weighted by Gasteiger charge is -2.08. The molecule has 1 aliphatic heterocycles. The number of nitrogens with zero attached hydrogens (tertiary/aromatic N) is 2. The Bertz CT molecular complexity index is 309. The van der Waals surface area contributed by atoms with Crippen LogP contribution in [0, 0.1) is 0 Å². The normalized spacial score (nSPS) is 20.7. The predicted octanol–water partition coefficient (Wildman–Crippen LogP) is -0.718. The Morgan fingerprint density at radius 2 is 2.29 bits per heavy atom. The lowest BCUT2D eigenvalue weighted by atomic mass is 10.2. The minimum Gasteiger partial charge on any atom is -0.293 e. The molecule has 1 aliphatic rings. The summed E-state index contributed by atoms with van der Waals surface area (Å²) < 4.78 is 0. The SMILES string of the molecule is O=C(Nc1ncccn1)C1CCNN1. The highest BCUT2D eigenvalue weighted by atomic mass is 16.2. The number of anilines is 1. The van der Waals surface area contributed by atoms with E-state index in [0.29, 0.717) is 5.95 Å². The molecule has 6 heteroatoms. The van der Waals surface area contributed by atoms with Crippen LogP contribution >= 0.6 is 0 Å². The van der Waals surface area contributed by atoms with E-state index in [1.807, 2.05) is 0 Å². The Labute approximate surface area is 81.1 Å². The molecule has 0 saturated carbocycles. The Hall–Kier alpha value is -1.53. The van der Waals surface area contributed by atoms with Crippen LogP contribution < -0.4 is 16.2 Å². The molecule has 0 aromatic carbocycles. The summed E-state index contributed by atoms with van der Waals surface area (Å²) in [4.78, 5) is 19.3. The van der Waals surface area contributed by atoms with Gasteiger partial charge in [0.15, 0.2) is 0 Å². The van der Waals surface area contributed by atoms with E-state index in [-0.39, 0.29) is 11.9 Å². The summed E-state index contributed by atoms with van der Waals surface area (Å²) in [6.07, 6.45) is 3.95. The molecule has 1 aromatic heterocycles.